The van der Waals surface area contributed by atoms with Gasteiger partial charge in [-0.3, -0.25) is 19.4 Å². The number of carbonyl (C=O) groups is 3. The van der Waals surface area contributed by atoms with E-state index >= 15 is 0 Å². The van der Waals surface area contributed by atoms with Crippen molar-refractivity contribution in [2.75, 3.05) is 18.4 Å². The average molecular weight is 578 g/mol. The molecule has 3 amide bonds. The molecule has 2 aromatic heterocycles. The number of hydrogen-bond donors (Lipinski definition) is 4. The Balaban J connectivity index is 1.64. The van der Waals surface area contributed by atoms with Crippen LogP contribution in [-0.4, -0.2) is 53.0 Å². The van der Waals surface area contributed by atoms with Crippen molar-refractivity contribution in [1.82, 2.24) is 25.9 Å². The van der Waals surface area contributed by atoms with Gasteiger partial charge in [0.05, 0.1) is 17.8 Å². The number of hydrogen-bond acceptors (Lipinski definition) is 8. The number of nitrogens with one attached hydrogen (secondary N) is 4. The highest BCUT2D eigenvalue weighted by Gasteiger charge is 2.33. The van der Waals surface area contributed by atoms with E-state index in [-0.39, 0.29) is 33.6 Å². The molecule has 3 heterocycles. The van der Waals surface area contributed by atoms with Crippen LogP contribution in [0.15, 0.2) is 47.4 Å². The minimum Gasteiger partial charge on any atom is -0.349 e. The van der Waals surface area contributed by atoms with Crippen LogP contribution in [0.3, 0.4) is 0 Å². The number of nitrogens with zero attached hydrogens (tertiary/aromatic N) is 3. The van der Waals surface area contributed by atoms with Crippen molar-refractivity contribution in [1.29, 1.82) is 0 Å². The Labute approximate surface area is 233 Å². The number of anilines is 1. The van der Waals surface area contributed by atoms with Crippen LogP contribution in [0.2, 0.25) is 0 Å². The van der Waals surface area contributed by atoms with E-state index in [0.29, 0.717) is 5.01 Å². The minimum absolute atomic E-state index is 0.0238. The largest absolute Gasteiger partial charge is 0.416 e. The van der Waals surface area contributed by atoms with Crippen molar-refractivity contribution in [3.63, 3.8) is 0 Å². The summed E-state index contributed by atoms with van der Waals surface area (Å²) in [6.07, 6.45) is 1.99. The molecule has 0 radical (unpaired) electrons. The van der Waals surface area contributed by atoms with Gasteiger partial charge in [0.15, 0.2) is 0 Å². The monoisotopic (exact) mass is 577 g/mol. The molecule has 1 unspecified atom stereocenters. The molecule has 0 spiro atoms. The van der Waals surface area contributed by atoms with E-state index in [0.717, 1.165) is 49.5 Å². The Morgan fingerprint density at radius 3 is 2.55 bits per heavy atom. The Kier molecular flexibility index (Phi) is 10.3. The summed E-state index contributed by atoms with van der Waals surface area (Å²) in [7, 11) is 0. The fourth-order valence-corrected chi connectivity index (χ4v) is 4.59. The van der Waals surface area contributed by atoms with Crippen LogP contribution < -0.4 is 21.3 Å². The highest BCUT2D eigenvalue weighted by molar-refractivity contribution is 7.13. The number of amides is 3. The molecule has 1 aliphatic heterocycles. The van der Waals surface area contributed by atoms with Gasteiger partial charge in [0.25, 0.3) is 17.7 Å². The molecule has 0 saturated carbocycles. The summed E-state index contributed by atoms with van der Waals surface area (Å²) in [6.45, 7) is 9.91. The predicted molar refractivity (Wildman–Crippen MR) is 146 cm³/mol. The fraction of sp³-hybridized carbons (Fsp3) is 0.385. The number of rotatable bonds is 9. The van der Waals surface area contributed by atoms with Crippen LogP contribution in [0.1, 0.15) is 58.5 Å². The molecule has 3 rings (SSSR count). The molecule has 0 bridgehead atoms. The highest BCUT2D eigenvalue weighted by Crippen LogP contribution is 2.32. The second-order valence-corrected chi connectivity index (χ2v) is 10.1. The van der Waals surface area contributed by atoms with Crippen LogP contribution in [0.5, 0.6) is 0 Å². The van der Waals surface area contributed by atoms with Gasteiger partial charge in [-0.05, 0) is 64.4 Å². The molecule has 0 aliphatic carbocycles. The zero-order valence-corrected chi connectivity index (χ0v) is 23.0. The van der Waals surface area contributed by atoms with Crippen LogP contribution in [-0.2, 0) is 15.8 Å². The topological polar surface area (TPSA) is 137 Å². The van der Waals surface area contributed by atoms with E-state index in [2.05, 4.69) is 42.8 Å². The molecule has 1 saturated heterocycles. The second-order valence-electron chi connectivity index (χ2n) is 9.03. The smallest absolute Gasteiger partial charge is 0.349 e. The first-order chi connectivity index (χ1) is 18.9. The molecule has 1 atom stereocenters. The molecular weight excluding hydrogens is 547 g/mol. The fourth-order valence-electron chi connectivity index (χ4n) is 3.78. The molecule has 40 heavy (non-hydrogen) atoms. The molecular formula is C26H30F3N7O3S. The van der Waals surface area contributed by atoms with Crippen molar-refractivity contribution >= 4 is 41.1 Å². The van der Waals surface area contributed by atoms with Gasteiger partial charge >= 0.3 is 6.18 Å². The van der Waals surface area contributed by atoms with E-state index in [1.807, 2.05) is 0 Å². The van der Waals surface area contributed by atoms with Crippen molar-refractivity contribution in [2.24, 2.45) is 4.99 Å². The molecule has 4 N–H and O–H groups in total. The third-order valence-electron chi connectivity index (χ3n) is 5.89. The normalized spacial score (nSPS) is 15.5. The van der Waals surface area contributed by atoms with Crippen LogP contribution >= 0.6 is 11.3 Å². The van der Waals surface area contributed by atoms with Gasteiger partial charge in [-0.2, -0.15) is 13.2 Å². The number of aryl methyl sites for hydroxylation is 1. The van der Waals surface area contributed by atoms with Gasteiger partial charge in [-0.15, -0.1) is 11.3 Å². The second kappa shape index (κ2) is 13.4. The third-order valence-corrected chi connectivity index (χ3v) is 7.07. The Morgan fingerprint density at radius 1 is 1.20 bits per heavy atom. The number of carbonyl (C=O) groups excluding carboxylic acids is 3. The van der Waals surface area contributed by atoms with E-state index in [4.69, 9.17) is 0 Å². The number of aliphatic imine (C=N–C) groups is 1. The zero-order valence-electron chi connectivity index (χ0n) is 22.2. The van der Waals surface area contributed by atoms with Crippen molar-refractivity contribution in [2.45, 2.75) is 51.9 Å². The van der Waals surface area contributed by atoms with Crippen molar-refractivity contribution in [3.8, 4) is 0 Å². The standard InChI is InChI=1S/C26H30F3N7O3S/c1-5-31-19(10-14(2)22(37)35-17-6-8-30-9-7-17)23(38)34-16(4)25-33-13-20(40-25)24(39)36-21-11-18(26(27,28)29)15(3)12-32-21/h5,10-13,16-17,30H,2,6-9H2,1,3-4H3,(H,34,38)(H,35,37)(H,32,36,39)/b19-10-,31-5?. The first-order valence-corrected chi connectivity index (χ1v) is 13.2. The number of thiazole rings is 1. The summed E-state index contributed by atoms with van der Waals surface area (Å²) in [5.41, 5.74) is -0.931. The summed E-state index contributed by atoms with van der Waals surface area (Å²) in [5.74, 6) is -1.93. The van der Waals surface area contributed by atoms with E-state index in [1.54, 1.807) is 13.8 Å². The number of piperidine rings is 1. The lowest BCUT2D eigenvalue weighted by atomic mass is 10.1. The highest BCUT2D eigenvalue weighted by atomic mass is 32.1. The van der Waals surface area contributed by atoms with Gasteiger partial charge in [0.1, 0.15) is 21.4 Å². The maximum Gasteiger partial charge on any atom is 0.416 e. The molecule has 0 aromatic carbocycles. The summed E-state index contributed by atoms with van der Waals surface area (Å²) in [6, 6.07) is 0.136. The van der Waals surface area contributed by atoms with E-state index in [1.165, 1.54) is 25.4 Å². The van der Waals surface area contributed by atoms with Gasteiger partial charge in [-0.25, -0.2) is 9.97 Å². The van der Waals surface area contributed by atoms with E-state index in [9.17, 15) is 27.6 Å². The quantitative estimate of drug-likeness (QED) is 0.204. The molecule has 10 nitrogen and oxygen atoms in total. The van der Waals surface area contributed by atoms with E-state index < -0.39 is 35.5 Å². The van der Waals surface area contributed by atoms with Gasteiger partial charge in [0, 0.05) is 24.0 Å². The molecule has 1 aliphatic rings. The number of alkyl halides is 3. The molecule has 2 aromatic rings. The first kappa shape index (κ1) is 30.6. The summed E-state index contributed by atoms with van der Waals surface area (Å²) >= 11 is 0.954. The van der Waals surface area contributed by atoms with Gasteiger partial charge in [-0.1, -0.05) is 6.58 Å². The van der Waals surface area contributed by atoms with Crippen LogP contribution in [0.25, 0.3) is 0 Å². The lowest BCUT2D eigenvalue weighted by Crippen LogP contribution is -2.43. The van der Waals surface area contributed by atoms with Crippen LogP contribution in [0, 0.1) is 6.92 Å². The maximum atomic E-state index is 13.2. The van der Waals surface area contributed by atoms with Crippen molar-refractivity contribution in [3.05, 3.63) is 63.4 Å². The minimum atomic E-state index is -4.59. The van der Waals surface area contributed by atoms with Gasteiger partial charge < -0.3 is 21.3 Å². The van der Waals surface area contributed by atoms with Crippen molar-refractivity contribution < 1.29 is 27.6 Å². The number of pyridine rings is 1. The number of halogens is 3. The SMILES string of the molecule is C=C(/C=C(\N=CC)C(=O)NC(C)c1ncc(C(=O)Nc2cc(C(F)(F)F)c(C)cn2)s1)C(=O)NC1CCNCC1. The average Bonchev–Trinajstić information content (AvgIpc) is 3.40. The first-order valence-electron chi connectivity index (χ1n) is 12.4. The Bertz CT molecular complexity index is 1330. The third kappa shape index (κ3) is 8.29. The Morgan fingerprint density at radius 2 is 1.90 bits per heavy atom. The van der Waals surface area contributed by atoms with Crippen LogP contribution in [0.4, 0.5) is 19.0 Å². The molecule has 1 fully saturated rings. The van der Waals surface area contributed by atoms with Gasteiger partial charge in [0.2, 0.25) is 0 Å². The molecule has 14 heteroatoms. The predicted octanol–water partition coefficient (Wildman–Crippen LogP) is 3.69. The lowest BCUT2D eigenvalue weighted by Gasteiger charge is -2.23. The maximum absolute atomic E-state index is 13.2. The zero-order chi connectivity index (χ0) is 29.4. The Hall–Kier alpha value is -3.91. The summed E-state index contributed by atoms with van der Waals surface area (Å²) in [5, 5.41) is 11.5. The number of aromatic nitrogens is 2. The molecule has 214 valence electrons. The summed E-state index contributed by atoms with van der Waals surface area (Å²) in [4.78, 5) is 50.2. The lowest BCUT2D eigenvalue weighted by molar-refractivity contribution is -0.138. The summed E-state index contributed by atoms with van der Waals surface area (Å²) < 4.78 is 39.5.